The Bertz CT molecular complexity index is 1430. The molecule has 2 aromatic heterocycles. The standard InChI is InChI=1S/C25H27N5O3S/c1-16-6-8-21(9-7-16)15-34(31,32)29-22-10-12-23(13-11-22)33-25-14-24(26-20(5)27-25)30-19(4)17(2)18(3)28-30/h6-14,29H,15H2,1-5H3. The second-order valence-electron chi connectivity index (χ2n) is 8.29. The molecule has 4 rings (SSSR count). The van der Waals surface area contributed by atoms with Crippen LogP contribution in [0.1, 0.15) is 33.9 Å². The van der Waals surface area contributed by atoms with Gasteiger partial charge in [-0.2, -0.15) is 10.1 Å². The molecular weight excluding hydrogens is 450 g/mol. The van der Waals surface area contributed by atoms with Crippen molar-refractivity contribution < 1.29 is 13.2 Å². The van der Waals surface area contributed by atoms with E-state index in [4.69, 9.17) is 4.74 Å². The molecule has 0 radical (unpaired) electrons. The third kappa shape index (κ3) is 5.43. The Morgan fingerprint density at radius 2 is 1.59 bits per heavy atom. The maximum absolute atomic E-state index is 12.5. The average Bonchev–Trinajstić information content (AvgIpc) is 3.03. The molecule has 0 fully saturated rings. The number of hydrogen-bond donors (Lipinski definition) is 1. The number of hydrogen-bond acceptors (Lipinski definition) is 6. The van der Waals surface area contributed by atoms with E-state index in [0.717, 1.165) is 28.1 Å². The number of aromatic nitrogens is 4. The lowest BCUT2D eigenvalue weighted by molar-refractivity contribution is 0.459. The highest BCUT2D eigenvalue weighted by Crippen LogP contribution is 2.25. The Hall–Kier alpha value is -3.72. The Morgan fingerprint density at radius 3 is 2.21 bits per heavy atom. The van der Waals surface area contributed by atoms with E-state index in [0.29, 0.717) is 29.0 Å². The summed E-state index contributed by atoms with van der Waals surface area (Å²) in [4.78, 5) is 8.85. The maximum atomic E-state index is 12.5. The second kappa shape index (κ2) is 9.26. The van der Waals surface area contributed by atoms with Crippen molar-refractivity contribution in [3.63, 3.8) is 0 Å². The predicted molar refractivity (Wildman–Crippen MR) is 132 cm³/mol. The number of sulfonamides is 1. The van der Waals surface area contributed by atoms with Crippen molar-refractivity contribution in [2.24, 2.45) is 0 Å². The van der Waals surface area contributed by atoms with Crippen molar-refractivity contribution in [1.29, 1.82) is 0 Å². The number of nitrogens with one attached hydrogen (secondary N) is 1. The molecule has 0 spiro atoms. The fourth-order valence-electron chi connectivity index (χ4n) is 3.46. The van der Waals surface area contributed by atoms with E-state index in [9.17, 15) is 8.42 Å². The summed E-state index contributed by atoms with van der Waals surface area (Å²) in [5, 5.41) is 4.55. The molecule has 0 aliphatic carbocycles. The Kier molecular flexibility index (Phi) is 6.39. The summed E-state index contributed by atoms with van der Waals surface area (Å²) in [7, 11) is -3.54. The molecule has 8 nitrogen and oxygen atoms in total. The first-order valence-electron chi connectivity index (χ1n) is 10.8. The molecule has 0 atom stereocenters. The van der Waals surface area contributed by atoms with Gasteiger partial charge >= 0.3 is 0 Å². The van der Waals surface area contributed by atoms with E-state index in [-0.39, 0.29) is 5.75 Å². The average molecular weight is 478 g/mol. The fraction of sp³-hybridized carbons (Fsp3) is 0.240. The summed E-state index contributed by atoms with van der Waals surface area (Å²) in [6.45, 7) is 9.73. The van der Waals surface area contributed by atoms with Crippen molar-refractivity contribution in [2.75, 3.05) is 4.72 Å². The van der Waals surface area contributed by atoms with Gasteiger partial charge in [-0.25, -0.2) is 18.1 Å². The van der Waals surface area contributed by atoms with Gasteiger partial charge in [-0.3, -0.25) is 4.72 Å². The number of anilines is 1. The lowest BCUT2D eigenvalue weighted by Crippen LogP contribution is -2.15. The van der Waals surface area contributed by atoms with Gasteiger partial charge in [0.05, 0.1) is 11.4 Å². The molecule has 2 heterocycles. The number of aryl methyl sites for hydroxylation is 3. The normalized spacial score (nSPS) is 11.4. The quantitative estimate of drug-likeness (QED) is 0.405. The van der Waals surface area contributed by atoms with Crippen LogP contribution in [0.15, 0.2) is 54.6 Å². The van der Waals surface area contributed by atoms with Gasteiger partial charge in [-0.1, -0.05) is 29.8 Å². The van der Waals surface area contributed by atoms with Crippen molar-refractivity contribution in [2.45, 2.75) is 40.4 Å². The number of ether oxygens (including phenoxy) is 1. The van der Waals surface area contributed by atoms with Crippen molar-refractivity contribution in [3.05, 3.63) is 88.5 Å². The van der Waals surface area contributed by atoms with Crippen LogP contribution in [0, 0.1) is 34.6 Å². The molecule has 0 saturated carbocycles. The monoisotopic (exact) mass is 477 g/mol. The molecule has 2 aromatic carbocycles. The van der Waals surface area contributed by atoms with Crippen molar-refractivity contribution in [1.82, 2.24) is 19.7 Å². The van der Waals surface area contributed by atoms with Crippen LogP contribution in [0.25, 0.3) is 5.82 Å². The minimum absolute atomic E-state index is 0.0969. The minimum atomic E-state index is -3.54. The highest BCUT2D eigenvalue weighted by Gasteiger charge is 2.14. The van der Waals surface area contributed by atoms with Crippen LogP contribution in [-0.2, 0) is 15.8 Å². The Labute approximate surface area is 199 Å². The zero-order chi connectivity index (χ0) is 24.5. The first kappa shape index (κ1) is 23.4. The van der Waals surface area contributed by atoms with E-state index in [1.807, 2.05) is 52.0 Å². The molecule has 176 valence electrons. The third-order valence-corrected chi connectivity index (χ3v) is 6.76. The summed E-state index contributed by atoms with van der Waals surface area (Å²) >= 11 is 0. The van der Waals surface area contributed by atoms with Crippen LogP contribution in [-0.4, -0.2) is 28.2 Å². The number of rotatable bonds is 7. The van der Waals surface area contributed by atoms with Gasteiger partial charge in [-0.15, -0.1) is 0 Å². The number of nitrogens with zero attached hydrogens (tertiary/aromatic N) is 4. The summed E-state index contributed by atoms with van der Waals surface area (Å²) in [6, 6.07) is 15.8. The molecule has 1 N–H and O–H groups in total. The van der Waals surface area contributed by atoms with Gasteiger partial charge in [0.2, 0.25) is 15.9 Å². The zero-order valence-electron chi connectivity index (χ0n) is 19.8. The smallest absolute Gasteiger partial charge is 0.236 e. The topological polar surface area (TPSA) is 99.0 Å². The molecule has 0 amide bonds. The third-order valence-electron chi connectivity index (χ3n) is 5.50. The maximum Gasteiger partial charge on any atom is 0.236 e. The molecule has 0 saturated heterocycles. The lowest BCUT2D eigenvalue weighted by Gasteiger charge is -2.11. The van der Waals surface area contributed by atoms with Gasteiger partial charge in [0, 0.05) is 17.4 Å². The van der Waals surface area contributed by atoms with E-state index in [1.54, 1.807) is 41.9 Å². The highest BCUT2D eigenvalue weighted by atomic mass is 32.2. The Morgan fingerprint density at radius 1 is 0.912 bits per heavy atom. The molecule has 34 heavy (non-hydrogen) atoms. The van der Waals surface area contributed by atoms with Crippen LogP contribution in [0.4, 0.5) is 5.69 Å². The van der Waals surface area contributed by atoms with E-state index >= 15 is 0 Å². The predicted octanol–water partition coefficient (Wildman–Crippen LogP) is 4.94. The second-order valence-corrected chi connectivity index (χ2v) is 10.0. The summed E-state index contributed by atoms with van der Waals surface area (Å²) < 4.78 is 35.4. The highest BCUT2D eigenvalue weighted by molar-refractivity contribution is 7.91. The van der Waals surface area contributed by atoms with Gasteiger partial charge in [-0.05, 0) is 70.0 Å². The van der Waals surface area contributed by atoms with Gasteiger partial charge in [0.15, 0.2) is 5.82 Å². The van der Waals surface area contributed by atoms with Crippen LogP contribution in [0.2, 0.25) is 0 Å². The molecule has 9 heteroatoms. The lowest BCUT2D eigenvalue weighted by atomic mass is 10.2. The van der Waals surface area contributed by atoms with Gasteiger partial charge in [0.1, 0.15) is 11.6 Å². The van der Waals surface area contributed by atoms with Gasteiger partial charge < -0.3 is 4.74 Å². The van der Waals surface area contributed by atoms with Crippen molar-refractivity contribution in [3.8, 4) is 17.4 Å². The molecule has 0 bridgehead atoms. The van der Waals surface area contributed by atoms with E-state index in [2.05, 4.69) is 19.8 Å². The van der Waals surface area contributed by atoms with Gasteiger partial charge in [0.25, 0.3) is 0 Å². The van der Waals surface area contributed by atoms with Crippen LogP contribution < -0.4 is 9.46 Å². The number of benzene rings is 2. The largest absolute Gasteiger partial charge is 0.439 e. The van der Waals surface area contributed by atoms with E-state index in [1.165, 1.54) is 0 Å². The molecular formula is C25H27N5O3S. The Balaban J connectivity index is 1.48. The zero-order valence-corrected chi connectivity index (χ0v) is 20.6. The fourth-order valence-corrected chi connectivity index (χ4v) is 4.66. The molecule has 0 unspecified atom stereocenters. The summed E-state index contributed by atoms with van der Waals surface area (Å²) in [5.74, 6) is 1.98. The molecule has 0 aliphatic rings. The SMILES string of the molecule is Cc1ccc(CS(=O)(=O)Nc2ccc(Oc3cc(-n4nc(C)c(C)c4C)nc(C)n3)cc2)cc1. The van der Waals surface area contributed by atoms with Crippen molar-refractivity contribution >= 4 is 15.7 Å². The van der Waals surface area contributed by atoms with E-state index < -0.39 is 10.0 Å². The minimum Gasteiger partial charge on any atom is -0.439 e. The molecule has 0 aliphatic heterocycles. The molecule has 4 aromatic rings. The first-order valence-corrected chi connectivity index (χ1v) is 12.5. The first-order chi connectivity index (χ1) is 16.1. The van der Waals surface area contributed by atoms with Crippen LogP contribution >= 0.6 is 0 Å². The summed E-state index contributed by atoms with van der Waals surface area (Å²) in [6.07, 6.45) is 0. The van der Waals surface area contributed by atoms with Crippen LogP contribution in [0.3, 0.4) is 0 Å². The summed E-state index contributed by atoms with van der Waals surface area (Å²) in [5.41, 5.74) is 5.32. The van der Waals surface area contributed by atoms with Crippen LogP contribution in [0.5, 0.6) is 11.6 Å².